The van der Waals surface area contributed by atoms with Gasteiger partial charge in [-0.1, -0.05) is 40.2 Å². The maximum absolute atomic E-state index is 12.4. The zero-order valence-corrected chi connectivity index (χ0v) is 14.2. The van der Waals surface area contributed by atoms with Gasteiger partial charge in [-0.3, -0.25) is 4.72 Å². The molecule has 0 saturated heterocycles. The van der Waals surface area contributed by atoms with Gasteiger partial charge in [-0.15, -0.1) is 0 Å². The average Bonchev–Trinajstić information content (AvgIpc) is 2.45. The van der Waals surface area contributed by atoms with Gasteiger partial charge in [-0.2, -0.15) is 0 Å². The molecule has 2 aromatic carbocycles. The van der Waals surface area contributed by atoms with Crippen LogP contribution in [0.2, 0.25) is 0 Å². The van der Waals surface area contributed by atoms with Gasteiger partial charge < -0.3 is 0 Å². The van der Waals surface area contributed by atoms with Gasteiger partial charge >= 0.3 is 0 Å². The molecule has 0 aliphatic heterocycles. The number of hydrogen-bond acceptors (Lipinski definition) is 2. The number of sulfonamides is 1. The van der Waals surface area contributed by atoms with E-state index >= 15 is 0 Å². The van der Waals surface area contributed by atoms with Gasteiger partial charge in [0.1, 0.15) is 0 Å². The normalized spacial score (nSPS) is 11.3. The van der Waals surface area contributed by atoms with Crippen LogP contribution in [0.1, 0.15) is 17.5 Å². The SMILES string of the molecule is Cc1cccc(S(=O)(=O)Nc2cccc(CCCBr)c2)c1. The third-order valence-corrected chi connectivity index (χ3v) is 5.02. The molecule has 0 spiro atoms. The summed E-state index contributed by atoms with van der Waals surface area (Å²) in [4.78, 5) is 0.286. The fourth-order valence-electron chi connectivity index (χ4n) is 2.06. The molecular weight excluding hydrogens is 350 g/mol. The number of benzene rings is 2. The molecular formula is C16H18BrNO2S. The topological polar surface area (TPSA) is 46.2 Å². The molecule has 1 N–H and O–H groups in total. The van der Waals surface area contributed by atoms with Crippen LogP contribution in [0.3, 0.4) is 0 Å². The smallest absolute Gasteiger partial charge is 0.261 e. The van der Waals surface area contributed by atoms with E-state index in [1.54, 1.807) is 24.3 Å². The molecule has 0 unspecified atom stereocenters. The molecule has 0 aromatic heterocycles. The molecule has 3 nitrogen and oxygen atoms in total. The first-order valence-electron chi connectivity index (χ1n) is 6.76. The molecule has 112 valence electrons. The van der Waals surface area contributed by atoms with Crippen LogP contribution in [0.15, 0.2) is 53.4 Å². The Bertz CT molecular complexity index is 714. The third kappa shape index (κ3) is 4.58. The van der Waals surface area contributed by atoms with E-state index in [-0.39, 0.29) is 4.90 Å². The Kier molecular flexibility index (Phi) is 5.42. The Morgan fingerprint density at radius 3 is 2.57 bits per heavy atom. The summed E-state index contributed by atoms with van der Waals surface area (Å²) in [6.07, 6.45) is 1.94. The van der Waals surface area contributed by atoms with Crippen LogP contribution in [0.5, 0.6) is 0 Å². The van der Waals surface area contributed by atoms with Crippen LogP contribution < -0.4 is 4.72 Å². The first kappa shape index (κ1) is 16.0. The van der Waals surface area contributed by atoms with E-state index in [2.05, 4.69) is 20.7 Å². The fourth-order valence-corrected chi connectivity index (χ4v) is 3.49. The first-order valence-corrected chi connectivity index (χ1v) is 9.36. The van der Waals surface area contributed by atoms with Crippen LogP contribution in [0.4, 0.5) is 5.69 Å². The number of hydrogen-bond donors (Lipinski definition) is 1. The second-order valence-electron chi connectivity index (χ2n) is 4.91. The lowest BCUT2D eigenvalue weighted by Crippen LogP contribution is -2.13. The highest BCUT2D eigenvalue weighted by Gasteiger charge is 2.14. The second-order valence-corrected chi connectivity index (χ2v) is 7.39. The fraction of sp³-hybridized carbons (Fsp3) is 0.250. The van der Waals surface area contributed by atoms with Crippen molar-refractivity contribution in [3.8, 4) is 0 Å². The Morgan fingerprint density at radius 2 is 1.86 bits per heavy atom. The molecule has 0 amide bonds. The number of halogens is 1. The lowest BCUT2D eigenvalue weighted by atomic mass is 10.1. The molecule has 0 aliphatic rings. The Hall–Kier alpha value is -1.33. The summed E-state index contributed by atoms with van der Waals surface area (Å²) in [5, 5.41) is 0.937. The summed E-state index contributed by atoms with van der Waals surface area (Å²) in [5.74, 6) is 0. The van der Waals surface area contributed by atoms with Crippen LogP contribution in [0.25, 0.3) is 0 Å². The van der Waals surface area contributed by atoms with Gasteiger partial charge in [-0.05, 0) is 55.2 Å². The largest absolute Gasteiger partial charge is 0.280 e. The van der Waals surface area contributed by atoms with E-state index < -0.39 is 10.0 Å². The van der Waals surface area contributed by atoms with Crippen molar-refractivity contribution in [2.45, 2.75) is 24.7 Å². The minimum atomic E-state index is -3.53. The number of nitrogens with one attached hydrogen (secondary N) is 1. The van der Waals surface area contributed by atoms with Crippen molar-refractivity contribution in [1.82, 2.24) is 0 Å². The maximum Gasteiger partial charge on any atom is 0.261 e. The van der Waals surface area contributed by atoms with Crippen molar-refractivity contribution in [2.24, 2.45) is 0 Å². The van der Waals surface area contributed by atoms with Crippen molar-refractivity contribution >= 4 is 31.6 Å². The number of anilines is 1. The van der Waals surface area contributed by atoms with E-state index in [0.717, 1.165) is 29.3 Å². The van der Waals surface area contributed by atoms with Crippen molar-refractivity contribution in [2.75, 3.05) is 10.1 Å². The highest BCUT2D eigenvalue weighted by atomic mass is 79.9. The number of aryl methyl sites for hydroxylation is 2. The maximum atomic E-state index is 12.4. The van der Waals surface area contributed by atoms with E-state index in [0.29, 0.717) is 5.69 Å². The lowest BCUT2D eigenvalue weighted by molar-refractivity contribution is 0.601. The molecule has 5 heteroatoms. The predicted molar refractivity (Wildman–Crippen MR) is 90.5 cm³/mol. The van der Waals surface area contributed by atoms with E-state index in [4.69, 9.17) is 0 Å². The molecule has 0 atom stereocenters. The zero-order valence-electron chi connectivity index (χ0n) is 11.8. The number of alkyl halides is 1. The van der Waals surface area contributed by atoms with Crippen molar-refractivity contribution in [3.05, 3.63) is 59.7 Å². The summed E-state index contributed by atoms with van der Waals surface area (Å²) < 4.78 is 27.4. The molecule has 0 heterocycles. The summed E-state index contributed by atoms with van der Waals surface area (Å²) in [5.41, 5.74) is 2.64. The predicted octanol–water partition coefficient (Wildman–Crippen LogP) is 4.12. The molecule has 2 rings (SSSR count). The number of rotatable bonds is 6. The van der Waals surface area contributed by atoms with Crippen molar-refractivity contribution < 1.29 is 8.42 Å². The molecule has 0 saturated carbocycles. The summed E-state index contributed by atoms with van der Waals surface area (Å²) in [7, 11) is -3.53. The molecule has 2 aromatic rings. The lowest BCUT2D eigenvalue weighted by Gasteiger charge is -2.10. The highest BCUT2D eigenvalue weighted by molar-refractivity contribution is 9.09. The highest BCUT2D eigenvalue weighted by Crippen LogP contribution is 2.18. The van der Waals surface area contributed by atoms with E-state index in [1.165, 1.54) is 0 Å². The zero-order chi connectivity index (χ0) is 15.3. The molecule has 0 aliphatic carbocycles. The molecule has 0 bridgehead atoms. The quantitative estimate of drug-likeness (QED) is 0.780. The van der Waals surface area contributed by atoms with Crippen LogP contribution in [-0.4, -0.2) is 13.7 Å². The van der Waals surface area contributed by atoms with Gasteiger partial charge in [0.15, 0.2) is 0 Å². The standard InChI is InChI=1S/C16H18BrNO2S/c1-13-5-2-9-16(11-13)21(19,20)18-15-8-3-6-14(12-15)7-4-10-17/h2-3,5-6,8-9,11-12,18H,4,7,10H2,1H3. The van der Waals surface area contributed by atoms with Gasteiger partial charge in [0.2, 0.25) is 0 Å². The summed E-state index contributed by atoms with van der Waals surface area (Å²) in [6, 6.07) is 14.4. The summed E-state index contributed by atoms with van der Waals surface area (Å²) in [6.45, 7) is 1.87. The second kappa shape index (κ2) is 7.09. The summed E-state index contributed by atoms with van der Waals surface area (Å²) >= 11 is 3.40. The first-order chi connectivity index (χ1) is 10.0. The van der Waals surface area contributed by atoms with Gasteiger partial charge in [0.25, 0.3) is 10.0 Å². The third-order valence-electron chi connectivity index (χ3n) is 3.08. The van der Waals surface area contributed by atoms with Crippen molar-refractivity contribution in [3.63, 3.8) is 0 Å². The Labute approximate surface area is 134 Å². The average molecular weight is 368 g/mol. The Morgan fingerprint density at radius 1 is 1.10 bits per heavy atom. The van der Waals surface area contributed by atoms with Crippen molar-refractivity contribution in [1.29, 1.82) is 0 Å². The van der Waals surface area contributed by atoms with Crippen LogP contribution in [-0.2, 0) is 16.4 Å². The molecule has 0 fully saturated rings. The van der Waals surface area contributed by atoms with Gasteiger partial charge in [0.05, 0.1) is 4.90 Å². The van der Waals surface area contributed by atoms with E-state index in [1.807, 2.05) is 31.2 Å². The molecule has 21 heavy (non-hydrogen) atoms. The van der Waals surface area contributed by atoms with Crippen LogP contribution >= 0.6 is 15.9 Å². The minimum absolute atomic E-state index is 0.286. The van der Waals surface area contributed by atoms with Gasteiger partial charge in [-0.25, -0.2) is 8.42 Å². The minimum Gasteiger partial charge on any atom is -0.280 e. The molecule has 0 radical (unpaired) electrons. The van der Waals surface area contributed by atoms with E-state index in [9.17, 15) is 8.42 Å². The monoisotopic (exact) mass is 367 g/mol. The van der Waals surface area contributed by atoms with Crippen LogP contribution in [0, 0.1) is 6.92 Å². The Balaban J connectivity index is 2.20. The van der Waals surface area contributed by atoms with Gasteiger partial charge in [0, 0.05) is 11.0 Å².